The molecule has 6 fully saturated rings. The van der Waals surface area contributed by atoms with E-state index in [2.05, 4.69) is 5.32 Å². The number of aliphatic hydroxyl groups is 2. The maximum Gasteiger partial charge on any atom is 0.327 e. The van der Waals surface area contributed by atoms with Gasteiger partial charge in [-0.1, -0.05) is 54.6 Å². The van der Waals surface area contributed by atoms with Gasteiger partial charge in [0.15, 0.2) is 11.8 Å². The summed E-state index contributed by atoms with van der Waals surface area (Å²) in [6, 6.07) is 15.1. The molecule has 2 aromatic carbocycles. The van der Waals surface area contributed by atoms with E-state index in [1.165, 1.54) is 11.2 Å². The van der Waals surface area contributed by atoms with Crippen LogP contribution in [-0.4, -0.2) is 114 Å². The molecule has 2 aromatic rings. The zero-order valence-corrected chi connectivity index (χ0v) is 29.3. The number of aliphatic hydroxyl groups excluding tert-OH is 2. The number of esters is 1. The van der Waals surface area contributed by atoms with Gasteiger partial charge in [-0.3, -0.25) is 19.2 Å². The SMILES string of the molecule is CN(C(=O)[C@@]12C[C@H]3OC(=O)[C@@H]1N(Cc1ccc(C=COCCO)cc1)O[C@@H]2[C@H]1OC(C2CC2)(C2CC2)O[C@H]13)[C@H](Cc1ccccc1)C(=O)NCCO. The molecule has 3 heterocycles. The number of hydrogen-bond acceptors (Lipinski definition) is 11. The van der Waals surface area contributed by atoms with Crippen LogP contribution >= 0.6 is 0 Å². The fraction of sp³-hybridized carbons (Fsp3) is 0.564. The van der Waals surface area contributed by atoms with E-state index in [0.29, 0.717) is 0 Å². The molecule has 2 bridgehead atoms. The van der Waals surface area contributed by atoms with Gasteiger partial charge in [-0.2, -0.15) is 5.06 Å². The third-order valence-corrected chi connectivity index (χ3v) is 11.5. The first-order valence-corrected chi connectivity index (χ1v) is 18.5. The minimum absolute atomic E-state index is 0.0391. The Bertz CT molecular complexity index is 1650. The summed E-state index contributed by atoms with van der Waals surface area (Å²) in [7, 11) is 1.61. The second kappa shape index (κ2) is 14.2. The van der Waals surface area contributed by atoms with Crippen LogP contribution in [0.1, 0.15) is 48.8 Å². The van der Waals surface area contributed by atoms with Crippen molar-refractivity contribution in [1.82, 2.24) is 15.3 Å². The summed E-state index contributed by atoms with van der Waals surface area (Å²) in [6.45, 7) is 0.108. The Kier molecular flexibility index (Phi) is 9.60. The third-order valence-electron chi connectivity index (χ3n) is 11.5. The molecule has 3 N–H and O–H groups in total. The van der Waals surface area contributed by atoms with Crippen molar-refractivity contribution in [2.75, 3.05) is 33.4 Å². The molecule has 8 rings (SSSR count). The lowest BCUT2D eigenvalue weighted by Crippen LogP contribution is -2.70. The Morgan fingerprint density at radius 2 is 1.71 bits per heavy atom. The van der Waals surface area contributed by atoms with Gasteiger partial charge in [0.25, 0.3) is 0 Å². The average molecular weight is 718 g/mol. The largest absolute Gasteiger partial charge is 0.499 e. The van der Waals surface area contributed by atoms with Gasteiger partial charge in [0.05, 0.1) is 26.0 Å². The van der Waals surface area contributed by atoms with E-state index in [1.807, 2.05) is 54.6 Å². The molecule has 278 valence electrons. The Balaban J connectivity index is 1.14. The van der Waals surface area contributed by atoms with Crippen molar-refractivity contribution >= 4 is 23.9 Å². The molecule has 3 aliphatic carbocycles. The highest BCUT2D eigenvalue weighted by Crippen LogP contribution is 2.64. The average Bonchev–Trinajstić information content (AvgIpc) is 4.11. The maximum atomic E-state index is 15.3. The summed E-state index contributed by atoms with van der Waals surface area (Å²) in [5.41, 5.74) is 1.15. The van der Waals surface area contributed by atoms with Gasteiger partial charge in [0, 0.05) is 38.3 Å². The van der Waals surface area contributed by atoms with Gasteiger partial charge in [-0.05, 0) is 48.4 Å². The molecule has 3 saturated heterocycles. The zero-order chi connectivity index (χ0) is 36.0. The first-order chi connectivity index (χ1) is 25.3. The summed E-state index contributed by atoms with van der Waals surface area (Å²) < 4.78 is 25.3. The Morgan fingerprint density at radius 1 is 1.00 bits per heavy atom. The molecule has 2 amide bonds. The predicted octanol–water partition coefficient (Wildman–Crippen LogP) is 1.94. The standard InChI is InChI=1S/C39H47N3O10/c1-41(29(35(45)40-16-17-43)21-25-5-3-2-4-6-25)37(47)38-22-30-31-32(51-39(50-31,27-11-12-27)28-13-14-28)34(38)52-42(33(38)36(46)49-30)23-26-9-7-24(8-10-26)15-19-48-20-18-44/h2-10,15,19,27-34,43-44H,11-14,16-18,20-23H2,1H3,(H,40,45)/t29-,30-,31+,32+,33+,34-,38+/m1/s1. The fourth-order valence-corrected chi connectivity index (χ4v) is 8.82. The topological polar surface area (TPSA) is 156 Å². The lowest BCUT2D eigenvalue weighted by Gasteiger charge is -2.50. The maximum absolute atomic E-state index is 15.3. The van der Waals surface area contributed by atoms with Crippen molar-refractivity contribution in [3.8, 4) is 0 Å². The number of nitrogens with one attached hydrogen (secondary N) is 1. The van der Waals surface area contributed by atoms with Crippen molar-refractivity contribution < 1.29 is 48.4 Å². The van der Waals surface area contributed by atoms with Gasteiger partial charge in [0.1, 0.15) is 42.5 Å². The monoisotopic (exact) mass is 717 g/mol. The molecular formula is C39H47N3O10. The van der Waals surface area contributed by atoms with Crippen LogP contribution in [0.2, 0.25) is 0 Å². The smallest absolute Gasteiger partial charge is 0.327 e. The zero-order valence-electron chi connectivity index (χ0n) is 29.3. The van der Waals surface area contributed by atoms with E-state index in [-0.39, 0.29) is 57.6 Å². The van der Waals surface area contributed by atoms with Gasteiger partial charge in [-0.25, -0.2) is 0 Å². The minimum Gasteiger partial charge on any atom is -0.499 e. The van der Waals surface area contributed by atoms with Crippen molar-refractivity contribution in [1.29, 1.82) is 0 Å². The van der Waals surface area contributed by atoms with E-state index in [0.717, 1.165) is 42.4 Å². The minimum atomic E-state index is -1.43. The molecule has 52 heavy (non-hydrogen) atoms. The summed E-state index contributed by atoms with van der Waals surface area (Å²) in [5.74, 6) is -1.66. The molecule has 0 unspecified atom stereocenters. The Morgan fingerprint density at radius 3 is 2.38 bits per heavy atom. The van der Waals surface area contributed by atoms with Gasteiger partial charge in [0.2, 0.25) is 11.8 Å². The van der Waals surface area contributed by atoms with Crippen LogP contribution in [0.3, 0.4) is 0 Å². The van der Waals surface area contributed by atoms with Crippen molar-refractivity contribution in [3.63, 3.8) is 0 Å². The molecule has 3 aliphatic heterocycles. The lowest BCUT2D eigenvalue weighted by atomic mass is 9.62. The van der Waals surface area contributed by atoms with E-state index in [4.69, 9.17) is 28.9 Å². The van der Waals surface area contributed by atoms with Crippen LogP contribution in [0.15, 0.2) is 60.9 Å². The third kappa shape index (κ3) is 6.20. The quantitative estimate of drug-likeness (QED) is 0.141. The Labute approximate surface area is 302 Å². The first kappa shape index (κ1) is 35.2. The summed E-state index contributed by atoms with van der Waals surface area (Å²) in [6.07, 6.45) is 4.84. The number of nitrogens with zero attached hydrogens (tertiary/aromatic N) is 2. The number of amides is 2. The summed E-state index contributed by atoms with van der Waals surface area (Å²) in [5, 5.41) is 22.8. The van der Waals surface area contributed by atoms with Crippen molar-refractivity contribution in [2.24, 2.45) is 17.3 Å². The number of carbonyl (C=O) groups excluding carboxylic acids is 3. The highest BCUT2D eigenvalue weighted by Gasteiger charge is 2.78. The van der Waals surface area contributed by atoms with Crippen LogP contribution in [-0.2, 0) is 51.1 Å². The van der Waals surface area contributed by atoms with Crippen molar-refractivity contribution in [3.05, 3.63) is 77.5 Å². The summed E-state index contributed by atoms with van der Waals surface area (Å²) >= 11 is 0. The van der Waals surface area contributed by atoms with Gasteiger partial charge in [-0.15, -0.1) is 0 Å². The van der Waals surface area contributed by atoms with Gasteiger partial charge >= 0.3 is 5.97 Å². The number of likely N-dealkylation sites (N-methyl/N-ethyl adjacent to an activating group) is 1. The molecule has 0 spiro atoms. The first-order valence-electron chi connectivity index (χ1n) is 18.5. The fourth-order valence-electron chi connectivity index (χ4n) is 8.82. The van der Waals surface area contributed by atoms with Crippen LogP contribution in [0, 0.1) is 17.3 Å². The number of hydroxylamine groups is 2. The van der Waals surface area contributed by atoms with E-state index in [1.54, 1.807) is 18.2 Å². The second-order valence-electron chi connectivity index (χ2n) is 14.9. The second-order valence-corrected chi connectivity index (χ2v) is 14.9. The van der Waals surface area contributed by atoms with E-state index < -0.39 is 65.5 Å². The van der Waals surface area contributed by atoms with Gasteiger partial charge < -0.3 is 39.4 Å². The molecule has 6 aliphatic rings. The van der Waals surface area contributed by atoms with Crippen LogP contribution < -0.4 is 5.32 Å². The lowest BCUT2D eigenvalue weighted by molar-refractivity contribution is -0.235. The van der Waals surface area contributed by atoms with Crippen molar-refractivity contribution in [2.45, 2.75) is 87.4 Å². The number of rotatable bonds is 15. The molecule has 13 heteroatoms. The number of fused-ring (bicyclic) bond motifs is 4. The summed E-state index contributed by atoms with van der Waals surface area (Å²) in [4.78, 5) is 51.5. The number of hydrogen-bond donors (Lipinski definition) is 3. The molecule has 7 atom stereocenters. The molecule has 3 saturated carbocycles. The Hall–Kier alpha value is -3.85. The van der Waals surface area contributed by atoms with Crippen LogP contribution in [0.5, 0.6) is 0 Å². The number of ether oxygens (including phenoxy) is 4. The van der Waals surface area contributed by atoms with E-state index in [9.17, 15) is 14.7 Å². The molecule has 13 nitrogen and oxygen atoms in total. The number of benzene rings is 2. The normalized spacial score (nSPS) is 30.8. The van der Waals surface area contributed by atoms with E-state index >= 15 is 4.79 Å². The van der Waals surface area contributed by atoms with Crippen LogP contribution in [0.4, 0.5) is 0 Å². The molecule has 0 aromatic heterocycles. The van der Waals surface area contributed by atoms with Crippen LogP contribution in [0.25, 0.3) is 6.08 Å². The predicted molar refractivity (Wildman–Crippen MR) is 184 cm³/mol. The highest BCUT2D eigenvalue weighted by molar-refractivity contribution is 5.96. The number of carbonyl (C=O) groups is 3. The highest BCUT2D eigenvalue weighted by atomic mass is 16.8. The molecule has 0 radical (unpaired) electrons. The molecular weight excluding hydrogens is 670 g/mol.